The van der Waals surface area contributed by atoms with Gasteiger partial charge in [-0.3, -0.25) is 14.4 Å². The van der Waals surface area contributed by atoms with Crippen LogP contribution in [-0.2, 0) is 14.4 Å². The fraction of sp³-hybridized carbons (Fsp3) is 0.438. The minimum atomic E-state index is -0.659. The Balaban J connectivity index is 1.59. The van der Waals surface area contributed by atoms with Crippen LogP contribution >= 0.6 is 11.8 Å². The van der Waals surface area contributed by atoms with E-state index in [1.54, 1.807) is 12.1 Å². The molecular formula is C16H19N3O4S. The van der Waals surface area contributed by atoms with Crippen molar-refractivity contribution in [3.05, 3.63) is 30.3 Å². The first kappa shape index (κ1) is 16.6. The maximum Gasteiger partial charge on any atom is 0.258 e. The molecule has 2 saturated heterocycles. The van der Waals surface area contributed by atoms with Crippen molar-refractivity contribution in [2.75, 3.05) is 6.61 Å². The highest BCUT2D eigenvalue weighted by atomic mass is 32.2. The van der Waals surface area contributed by atoms with Crippen LogP contribution < -0.4 is 15.8 Å². The molecule has 0 spiro atoms. The smallest absolute Gasteiger partial charge is 0.258 e. The highest BCUT2D eigenvalue weighted by Crippen LogP contribution is 2.50. The van der Waals surface area contributed by atoms with Crippen LogP contribution in [0.3, 0.4) is 0 Å². The zero-order chi connectivity index (χ0) is 17.5. The monoisotopic (exact) mass is 349 g/mol. The first-order valence-corrected chi connectivity index (χ1v) is 8.46. The van der Waals surface area contributed by atoms with Gasteiger partial charge < -0.3 is 20.7 Å². The van der Waals surface area contributed by atoms with E-state index in [0.717, 1.165) is 0 Å². The lowest BCUT2D eigenvalue weighted by molar-refractivity contribution is -0.154. The quantitative estimate of drug-likeness (QED) is 0.734. The lowest BCUT2D eigenvalue weighted by atomic mass is 9.95. The fourth-order valence-electron chi connectivity index (χ4n) is 3.09. The van der Waals surface area contributed by atoms with Crippen LogP contribution in [0.4, 0.5) is 0 Å². The number of hydrogen-bond donors (Lipinski definition) is 2. The number of β-lactam (4-membered cyclic amide) rings is 1. The van der Waals surface area contributed by atoms with Gasteiger partial charge in [-0.15, -0.1) is 11.8 Å². The van der Waals surface area contributed by atoms with Gasteiger partial charge in [0.15, 0.2) is 6.61 Å². The molecule has 3 atom stereocenters. The van der Waals surface area contributed by atoms with Crippen LogP contribution in [0.1, 0.15) is 13.8 Å². The zero-order valence-corrected chi connectivity index (χ0v) is 14.2. The van der Waals surface area contributed by atoms with Gasteiger partial charge in [0, 0.05) is 4.75 Å². The van der Waals surface area contributed by atoms with Crippen molar-refractivity contribution in [1.82, 2.24) is 10.2 Å². The minimum Gasteiger partial charge on any atom is -0.484 e. The lowest BCUT2D eigenvalue weighted by Gasteiger charge is -2.43. The second-order valence-corrected chi connectivity index (χ2v) is 8.08. The Labute approximate surface area is 143 Å². The van der Waals surface area contributed by atoms with Gasteiger partial charge in [-0.05, 0) is 26.0 Å². The number of primary amides is 1. The molecule has 2 aliphatic heterocycles. The molecule has 3 rings (SSSR count). The highest BCUT2D eigenvalue weighted by Gasteiger charge is 2.63. The van der Waals surface area contributed by atoms with Gasteiger partial charge in [-0.2, -0.15) is 0 Å². The summed E-state index contributed by atoms with van der Waals surface area (Å²) >= 11 is 1.47. The van der Waals surface area contributed by atoms with Crippen LogP contribution in [0.2, 0.25) is 0 Å². The van der Waals surface area contributed by atoms with E-state index in [9.17, 15) is 14.4 Å². The standard InChI is InChI=1S/C16H19N3O4S/c1-16(2)12(13(17)21)19-14(22)11(15(19)24-16)18-10(20)8-23-9-6-4-3-5-7-9/h3-7,11-12,15H,8H2,1-2H3,(H2,17,21)(H,18,20)/t11?,12?,15-/m0/s1. The molecule has 7 nitrogen and oxygen atoms in total. The first-order valence-electron chi connectivity index (χ1n) is 7.58. The fourth-order valence-corrected chi connectivity index (χ4v) is 4.73. The van der Waals surface area contributed by atoms with Crippen molar-refractivity contribution in [3.8, 4) is 5.75 Å². The second-order valence-electron chi connectivity index (χ2n) is 6.31. The van der Waals surface area contributed by atoms with E-state index in [0.29, 0.717) is 5.75 Å². The van der Waals surface area contributed by atoms with E-state index in [-0.39, 0.29) is 23.8 Å². The predicted octanol–water partition coefficient (Wildman–Crippen LogP) is 0.0978. The third-order valence-electron chi connectivity index (χ3n) is 4.14. The molecule has 0 radical (unpaired) electrons. The van der Waals surface area contributed by atoms with Gasteiger partial charge in [0.25, 0.3) is 5.91 Å². The largest absolute Gasteiger partial charge is 0.484 e. The number of amides is 3. The first-order chi connectivity index (χ1) is 11.3. The molecular weight excluding hydrogens is 330 g/mol. The van der Waals surface area contributed by atoms with Crippen LogP contribution in [0, 0.1) is 0 Å². The van der Waals surface area contributed by atoms with Crippen molar-refractivity contribution < 1.29 is 19.1 Å². The molecule has 0 bridgehead atoms. The molecule has 2 aliphatic rings. The number of fused-ring (bicyclic) bond motifs is 1. The maximum atomic E-state index is 12.3. The lowest BCUT2D eigenvalue weighted by Crippen LogP contribution is -2.71. The number of rotatable bonds is 5. The Bertz CT molecular complexity index is 679. The number of nitrogens with two attached hydrogens (primary N) is 1. The molecule has 2 unspecified atom stereocenters. The van der Waals surface area contributed by atoms with Gasteiger partial charge in [0.05, 0.1) is 0 Å². The Hall–Kier alpha value is -2.22. The number of nitrogens with zero attached hydrogens (tertiary/aromatic N) is 1. The number of benzene rings is 1. The van der Waals surface area contributed by atoms with Gasteiger partial charge in [-0.25, -0.2) is 0 Å². The molecule has 24 heavy (non-hydrogen) atoms. The molecule has 0 aromatic heterocycles. The summed E-state index contributed by atoms with van der Waals surface area (Å²) in [6.07, 6.45) is 0. The van der Waals surface area contributed by atoms with Gasteiger partial charge >= 0.3 is 0 Å². The highest BCUT2D eigenvalue weighted by molar-refractivity contribution is 8.01. The number of ether oxygens (including phenoxy) is 1. The number of nitrogens with one attached hydrogen (secondary N) is 1. The third-order valence-corrected chi connectivity index (χ3v) is 5.71. The van der Waals surface area contributed by atoms with Gasteiger partial charge in [-0.1, -0.05) is 18.2 Å². The molecule has 3 N–H and O–H groups in total. The zero-order valence-electron chi connectivity index (χ0n) is 13.4. The maximum absolute atomic E-state index is 12.3. The number of carbonyl (C=O) groups is 3. The van der Waals surface area contributed by atoms with Gasteiger partial charge in [0.1, 0.15) is 23.2 Å². The number of para-hydroxylation sites is 1. The van der Waals surface area contributed by atoms with E-state index >= 15 is 0 Å². The van der Waals surface area contributed by atoms with Crippen molar-refractivity contribution >= 4 is 29.5 Å². The Morgan fingerprint density at radius 1 is 1.33 bits per heavy atom. The average Bonchev–Trinajstić information content (AvgIpc) is 2.80. The van der Waals surface area contributed by atoms with E-state index in [1.807, 2.05) is 32.0 Å². The van der Waals surface area contributed by atoms with Crippen LogP contribution in [0.5, 0.6) is 5.75 Å². The van der Waals surface area contributed by atoms with E-state index in [4.69, 9.17) is 10.5 Å². The van der Waals surface area contributed by atoms with E-state index in [1.165, 1.54) is 16.7 Å². The summed E-state index contributed by atoms with van der Waals surface area (Å²) in [5, 5.41) is 2.40. The molecule has 3 amide bonds. The van der Waals surface area contributed by atoms with Crippen molar-refractivity contribution in [2.45, 2.75) is 36.1 Å². The average molecular weight is 349 g/mol. The van der Waals surface area contributed by atoms with Crippen molar-refractivity contribution in [2.24, 2.45) is 5.73 Å². The van der Waals surface area contributed by atoms with Crippen molar-refractivity contribution in [3.63, 3.8) is 0 Å². The van der Waals surface area contributed by atoms with Gasteiger partial charge in [0.2, 0.25) is 11.8 Å². The molecule has 128 valence electrons. The van der Waals surface area contributed by atoms with E-state index < -0.39 is 22.7 Å². The third kappa shape index (κ3) is 2.82. The summed E-state index contributed by atoms with van der Waals surface area (Å²) in [4.78, 5) is 37.4. The molecule has 1 aromatic carbocycles. The molecule has 8 heteroatoms. The second kappa shape index (κ2) is 6.01. The summed E-state index contributed by atoms with van der Waals surface area (Å²) in [6, 6.07) is 7.65. The van der Waals surface area contributed by atoms with Crippen molar-refractivity contribution in [1.29, 1.82) is 0 Å². The number of hydrogen-bond acceptors (Lipinski definition) is 5. The molecule has 1 aromatic rings. The normalized spacial score (nSPS) is 27.2. The molecule has 2 heterocycles. The number of thioether (sulfide) groups is 1. The summed E-state index contributed by atoms with van der Waals surface area (Å²) < 4.78 is 4.89. The summed E-state index contributed by atoms with van der Waals surface area (Å²) in [5.41, 5.74) is 5.43. The Morgan fingerprint density at radius 3 is 2.62 bits per heavy atom. The molecule has 0 aliphatic carbocycles. The Kier molecular flexibility index (Phi) is 4.16. The predicted molar refractivity (Wildman–Crippen MR) is 89.2 cm³/mol. The van der Waals surface area contributed by atoms with Crippen LogP contribution in [-0.4, -0.2) is 51.4 Å². The van der Waals surface area contributed by atoms with Crippen LogP contribution in [0.25, 0.3) is 0 Å². The topological polar surface area (TPSA) is 102 Å². The van der Waals surface area contributed by atoms with Crippen LogP contribution in [0.15, 0.2) is 30.3 Å². The van der Waals surface area contributed by atoms with E-state index in [2.05, 4.69) is 5.32 Å². The molecule has 2 fully saturated rings. The SMILES string of the molecule is CC1(C)S[C@H]2C(NC(=O)COc3ccccc3)C(=O)N2C1C(N)=O. The Morgan fingerprint density at radius 2 is 2.00 bits per heavy atom. The summed E-state index contributed by atoms with van der Waals surface area (Å²) in [6.45, 7) is 3.57. The molecule has 0 saturated carbocycles. The minimum absolute atomic E-state index is 0.173. The summed E-state index contributed by atoms with van der Waals surface area (Å²) in [5.74, 6) is -0.604. The summed E-state index contributed by atoms with van der Waals surface area (Å²) in [7, 11) is 0. The number of carbonyl (C=O) groups excluding carboxylic acids is 3.